The molecule has 6 heteroatoms. The third-order valence-corrected chi connectivity index (χ3v) is 8.77. The largest absolute Gasteiger partial charge is 0.378 e. The molecule has 1 saturated heterocycles. The van der Waals surface area contributed by atoms with Gasteiger partial charge in [-0.15, -0.1) is 0 Å². The third-order valence-electron chi connectivity index (χ3n) is 6.87. The number of anilines is 1. The molecule has 2 aromatic carbocycles. The molecule has 0 radical (unpaired) electrons. The molecule has 2 aliphatic heterocycles. The van der Waals surface area contributed by atoms with Crippen LogP contribution in [0.25, 0.3) is 0 Å². The summed E-state index contributed by atoms with van der Waals surface area (Å²) in [5, 5.41) is 3.71. The zero-order valence-corrected chi connectivity index (χ0v) is 18.4. The summed E-state index contributed by atoms with van der Waals surface area (Å²) in [6.45, 7) is 4.76. The molecule has 5 rings (SSSR count). The van der Waals surface area contributed by atoms with Gasteiger partial charge in [-0.25, -0.2) is 8.42 Å². The van der Waals surface area contributed by atoms with E-state index in [1.165, 1.54) is 11.1 Å². The predicted molar refractivity (Wildman–Crippen MR) is 120 cm³/mol. The van der Waals surface area contributed by atoms with Gasteiger partial charge in [-0.1, -0.05) is 42.0 Å². The van der Waals surface area contributed by atoms with Crippen LogP contribution in [0.15, 0.2) is 59.5 Å². The van der Waals surface area contributed by atoms with Gasteiger partial charge >= 0.3 is 0 Å². The Balaban J connectivity index is 1.48. The Labute approximate surface area is 179 Å². The number of piperazine rings is 1. The molecule has 2 aromatic rings. The molecule has 3 unspecified atom stereocenters. The minimum atomic E-state index is -3.46. The van der Waals surface area contributed by atoms with Gasteiger partial charge in [0.1, 0.15) is 0 Å². The lowest BCUT2D eigenvalue weighted by atomic mass is 9.77. The molecule has 158 valence electrons. The van der Waals surface area contributed by atoms with Crippen molar-refractivity contribution in [1.82, 2.24) is 9.21 Å². The van der Waals surface area contributed by atoms with Crippen molar-refractivity contribution in [3.63, 3.8) is 0 Å². The number of hydrogen-bond donors (Lipinski definition) is 1. The number of fused-ring (bicyclic) bond motifs is 3. The van der Waals surface area contributed by atoms with Crippen LogP contribution in [0.4, 0.5) is 5.69 Å². The molecule has 0 amide bonds. The first-order valence-electron chi connectivity index (χ1n) is 10.8. The highest BCUT2D eigenvalue weighted by molar-refractivity contribution is 7.89. The van der Waals surface area contributed by atoms with E-state index in [2.05, 4.69) is 53.6 Å². The lowest BCUT2D eigenvalue weighted by Gasteiger charge is -2.38. The molecule has 1 aliphatic carbocycles. The molecule has 3 aliphatic rings. The Morgan fingerprint density at radius 1 is 1.00 bits per heavy atom. The second-order valence-corrected chi connectivity index (χ2v) is 10.8. The van der Waals surface area contributed by atoms with Crippen LogP contribution in [0.5, 0.6) is 0 Å². The monoisotopic (exact) mass is 423 g/mol. The maximum Gasteiger partial charge on any atom is 0.243 e. The van der Waals surface area contributed by atoms with E-state index in [0.29, 0.717) is 23.9 Å². The van der Waals surface area contributed by atoms with Crippen molar-refractivity contribution >= 4 is 15.7 Å². The number of sulfonamides is 1. The van der Waals surface area contributed by atoms with E-state index >= 15 is 0 Å². The second-order valence-electron chi connectivity index (χ2n) is 8.84. The van der Waals surface area contributed by atoms with Crippen molar-refractivity contribution in [2.45, 2.75) is 30.2 Å². The maximum atomic E-state index is 13.3. The first-order valence-corrected chi connectivity index (χ1v) is 12.2. The lowest BCUT2D eigenvalue weighted by molar-refractivity contribution is 0.222. The van der Waals surface area contributed by atoms with E-state index in [4.69, 9.17) is 0 Å². The summed E-state index contributed by atoms with van der Waals surface area (Å²) in [7, 11) is -1.43. The smallest absolute Gasteiger partial charge is 0.243 e. The van der Waals surface area contributed by atoms with Crippen molar-refractivity contribution in [3.8, 4) is 0 Å². The van der Waals surface area contributed by atoms with E-state index in [1.54, 1.807) is 10.4 Å². The minimum absolute atomic E-state index is 0.234. The second kappa shape index (κ2) is 7.52. The summed E-state index contributed by atoms with van der Waals surface area (Å²) in [6.07, 6.45) is 5.51. The Morgan fingerprint density at radius 2 is 1.73 bits per heavy atom. The molecule has 30 heavy (non-hydrogen) atoms. The number of nitrogens with zero attached hydrogens (tertiary/aromatic N) is 2. The number of benzene rings is 2. The first kappa shape index (κ1) is 19.8. The van der Waals surface area contributed by atoms with Crippen molar-refractivity contribution in [2.24, 2.45) is 5.92 Å². The molecule has 3 atom stereocenters. The SMILES string of the molecule is Cc1ccc(C2Nc3ccc(S(=O)(=O)N4CCN(C)CC4)cc3C3C=CCC32)cc1. The Bertz CT molecular complexity index is 1070. The molecular weight excluding hydrogens is 394 g/mol. The molecule has 0 saturated carbocycles. The summed E-state index contributed by atoms with van der Waals surface area (Å²) in [4.78, 5) is 2.59. The number of allylic oxidation sites excluding steroid dienone is 2. The van der Waals surface area contributed by atoms with Crippen LogP contribution in [0.2, 0.25) is 0 Å². The summed E-state index contributed by atoms with van der Waals surface area (Å²) in [6, 6.07) is 14.6. The lowest BCUT2D eigenvalue weighted by Crippen LogP contribution is -2.47. The molecule has 0 spiro atoms. The van der Waals surface area contributed by atoms with Crippen LogP contribution in [0.3, 0.4) is 0 Å². The molecular formula is C24H29N3O2S. The van der Waals surface area contributed by atoms with E-state index in [9.17, 15) is 8.42 Å². The fraction of sp³-hybridized carbons (Fsp3) is 0.417. The Hall–Kier alpha value is -2.15. The highest BCUT2D eigenvalue weighted by Gasteiger charge is 2.39. The maximum absolute atomic E-state index is 13.3. The first-order chi connectivity index (χ1) is 14.4. The summed E-state index contributed by atoms with van der Waals surface area (Å²) < 4.78 is 28.1. The van der Waals surface area contributed by atoms with Crippen LogP contribution in [0, 0.1) is 12.8 Å². The fourth-order valence-corrected chi connectivity index (χ4v) is 6.47. The van der Waals surface area contributed by atoms with Gasteiger partial charge in [0.15, 0.2) is 0 Å². The molecule has 0 bridgehead atoms. The van der Waals surface area contributed by atoms with Gasteiger partial charge in [0.25, 0.3) is 0 Å². The highest BCUT2D eigenvalue weighted by Crippen LogP contribution is 2.50. The minimum Gasteiger partial charge on any atom is -0.378 e. The van der Waals surface area contributed by atoms with Crippen LogP contribution < -0.4 is 5.32 Å². The van der Waals surface area contributed by atoms with Crippen LogP contribution in [0.1, 0.15) is 35.1 Å². The Morgan fingerprint density at radius 3 is 2.47 bits per heavy atom. The third kappa shape index (κ3) is 3.37. The molecule has 1 N–H and O–H groups in total. The van der Waals surface area contributed by atoms with Crippen LogP contribution in [-0.2, 0) is 10.0 Å². The van der Waals surface area contributed by atoms with Gasteiger partial charge < -0.3 is 10.2 Å². The van der Waals surface area contributed by atoms with E-state index in [-0.39, 0.29) is 12.0 Å². The Kier molecular flexibility index (Phi) is 4.96. The van der Waals surface area contributed by atoms with Crippen molar-refractivity contribution in [1.29, 1.82) is 0 Å². The molecule has 0 aromatic heterocycles. The fourth-order valence-electron chi connectivity index (χ4n) is 5.01. The van der Waals surface area contributed by atoms with Gasteiger partial charge in [0, 0.05) is 37.8 Å². The van der Waals surface area contributed by atoms with Crippen LogP contribution >= 0.6 is 0 Å². The topological polar surface area (TPSA) is 52.7 Å². The van der Waals surface area contributed by atoms with Gasteiger partial charge in [-0.05, 0) is 55.6 Å². The average Bonchev–Trinajstić information content (AvgIpc) is 3.24. The van der Waals surface area contributed by atoms with E-state index in [0.717, 1.165) is 30.8 Å². The highest BCUT2D eigenvalue weighted by atomic mass is 32.2. The number of aryl methyl sites for hydroxylation is 1. The quantitative estimate of drug-likeness (QED) is 0.764. The van der Waals surface area contributed by atoms with Crippen LogP contribution in [-0.4, -0.2) is 50.8 Å². The van der Waals surface area contributed by atoms with Crippen molar-refractivity contribution < 1.29 is 8.42 Å². The van der Waals surface area contributed by atoms with E-state index in [1.807, 2.05) is 19.2 Å². The number of rotatable bonds is 3. The summed E-state index contributed by atoms with van der Waals surface area (Å²) in [5.74, 6) is 0.650. The van der Waals surface area contributed by atoms with Crippen molar-refractivity contribution in [2.75, 3.05) is 38.5 Å². The number of nitrogens with one attached hydrogen (secondary N) is 1. The van der Waals surface area contributed by atoms with Crippen molar-refractivity contribution in [3.05, 3.63) is 71.3 Å². The average molecular weight is 424 g/mol. The standard InChI is InChI=1S/C24H29N3O2S/c1-17-6-8-18(9-7-17)24-21-5-3-4-20(21)22-16-19(10-11-23(22)25-24)30(28,29)27-14-12-26(2)13-15-27/h3-4,6-11,16,20-21,24-25H,5,12-15H2,1-2H3. The van der Waals surface area contributed by atoms with Gasteiger partial charge in [-0.3, -0.25) is 0 Å². The normalized spacial score (nSPS) is 26.8. The molecule has 2 heterocycles. The van der Waals surface area contributed by atoms with E-state index < -0.39 is 10.0 Å². The van der Waals surface area contributed by atoms with Gasteiger partial charge in [-0.2, -0.15) is 4.31 Å². The predicted octanol–water partition coefficient (Wildman–Crippen LogP) is 3.76. The van der Waals surface area contributed by atoms with Gasteiger partial charge in [0.2, 0.25) is 10.0 Å². The number of likely N-dealkylation sites (N-methyl/N-ethyl adjacent to an activating group) is 1. The summed E-state index contributed by atoms with van der Waals surface area (Å²) in [5.41, 5.74) is 4.70. The molecule has 1 fully saturated rings. The zero-order valence-electron chi connectivity index (χ0n) is 17.6. The van der Waals surface area contributed by atoms with Gasteiger partial charge in [0.05, 0.1) is 10.9 Å². The zero-order chi connectivity index (χ0) is 20.9. The number of hydrogen-bond acceptors (Lipinski definition) is 4. The summed E-state index contributed by atoms with van der Waals surface area (Å²) >= 11 is 0. The molecule has 5 nitrogen and oxygen atoms in total.